The van der Waals surface area contributed by atoms with Gasteiger partial charge < -0.3 is 19.1 Å². The van der Waals surface area contributed by atoms with Gasteiger partial charge in [0.2, 0.25) is 0 Å². The molecule has 0 aliphatic rings. The molecule has 1 N–H and O–H groups in total. The molecule has 0 aliphatic carbocycles. The van der Waals surface area contributed by atoms with Crippen molar-refractivity contribution in [3.8, 4) is 5.75 Å². The fraction of sp³-hybridized carbons (Fsp3) is 0.625. The maximum Gasteiger partial charge on any atom is 0.307 e. The predicted molar refractivity (Wildman–Crippen MR) is 83.0 cm³/mol. The molecule has 0 fully saturated rings. The first kappa shape index (κ1) is 18.2. The minimum Gasteiger partial charge on any atom is -0.483 e. The summed E-state index contributed by atoms with van der Waals surface area (Å²) in [5.74, 6) is 0.105. The maximum atomic E-state index is 11.8. The second-order valence-electron chi connectivity index (χ2n) is 6.12. The van der Waals surface area contributed by atoms with Gasteiger partial charge in [0.25, 0.3) is 5.56 Å². The lowest BCUT2D eigenvalue weighted by atomic mass is 9.89. The first-order chi connectivity index (χ1) is 10.1. The van der Waals surface area contributed by atoms with E-state index in [4.69, 9.17) is 9.47 Å². The zero-order valence-corrected chi connectivity index (χ0v) is 13.9. The molecule has 1 aromatic heterocycles. The highest BCUT2D eigenvalue weighted by Crippen LogP contribution is 2.27. The van der Waals surface area contributed by atoms with E-state index in [-0.39, 0.29) is 24.5 Å². The van der Waals surface area contributed by atoms with Gasteiger partial charge >= 0.3 is 5.97 Å². The number of hydrogen-bond acceptors (Lipinski definition) is 5. The average Bonchev–Trinajstić information content (AvgIpc) is 2.38. The Hall–Kier alpha value is -1.82. The normalized spacial score (nSPS) is 12.1. The molecule has 22 heavy (non-hydrogen) atoms. The predicted octanol–water partition coefficient (Wildman–Crippen LogP) is 1.73. The average molecular weight is 311 g/mol. The number of nitrogens with zero attached hydrogens (tertiary/aromatic N) is 1. The molecule has 6 heteroatoms. The summed E-state index contributed by atoms with van der Waals surface area (Å²) in [4.78, 5) is 23.2. The van der Waals surface area contributed by atoms with Crippen molar-refractivity contribution in [3.05, 3.63) is 28.7 Å². The second kappa shape index (κ2) is 6.96. The Balaban J connectivity index is 2.86. The molecule has 0 radical (unpaired) electrons. The molecule has 1 heterocycles. The van der Waals surface area contributed by atoms with Gasteiger partial charge in [-0.1, -0.05) is 0 Å². The van der Waals surface area contributed by atoms with Crippen LogP contribution in [-0.2, 0) is 16.1 Å². The molecule has 0 atom stereocenters. The van der Waals surface area contributed by atoms with Crippen molar-refractivity contribution >= 4 is 5.97 Å². The number of aliphatic hydroxyl groups is 1. The van der Waals surface area contributed by atoms with E-state index >= 15 is 0 Å². The van der Waals surface area contributed by atoms with Gasteiger partial charge in [-0.25, -0.2) is 0 Å². The quantitative estimate of drug-likeness (QED) is 0.776. The SMILES string of the molecule is CCOC(=O)CCn1cc(OC(C)(C)C(C)(C)O)ccc1=O. The molecule has 124 valence electrons. The summed E-state index contributed by atoms with van der Waals surface area (Å²) in [6, 6.07) is 2.93. The lowest BCUT2D eigenvalue weighted by molar-refractivity contribution is -0.143. The summed E-state index contributed by atoms with van der Waals surface area (Å²) in [6.45, 7) is 9.11. The van der Waals surface area contributed by atoms with E-state index in [0.29, 0.717) is 12.4 Å². The van der Waals surface area contributed by atoms with Gasteiger partial charge in [0.1, 0.15) is 11.4 Å². The van der Waals surface area contributed by atoms with Crippen LogP contribution in [0.5, 0.6) is 5.75 Å². The van der Waals surface area contributed by atoms with Crippen LogP contribution in [0.2, 0.25) is 0 Å². The zero-order valence-electron chi connectivity index (χ0n) is 13.9. The van der Waals surface area contributed by atoms with Gasteiger partial charge in [0, 0.05) is 18.8 Å². The third-order valence-corrected chi connectivity index (χ3v) is 3.66. The van der Waals surface area contributed by atoms with Gasteiger partial charge in [-0.2, -0.15) is 0 Å². The highest BCUT2D eigenvalue weighted by atomic mass is 16.5. The van der Waals surface area contributed by atoms with Crippen molar-refractivity contribution in [2.45, 2.75) is 58.8 Å². The van der Waals surface area contributed by atoms with Gasteiger partial charge in [-0.3, -0.25) is 9.59 Å². The standard InChI is InChI=1S/C16H25NO5/c1-6-21-14(19)9-10-17-11-12(7-8-13(17)18)22-16(4,5)15(2,3)20/h7-8,11,20H,6,9-10H2,1-5H3. The molecule has 0 bridgehead atoms. The Morgan fingerprint density at radius 3 is 2.45 bits per heavy atom. The second-order valence-corrected chi connectivity index (χ2v) is 6.12. The molecule has 6 nitrogen and oxygen atoms in total. The van der Waals surface area contributed by atoms with E-state index in [9.17, 15) is 14.7 Å². The lowest BCUT2D eigenvalue weighted by Crippen LogP contribution is -2.49. The third kappa shape index (κ3) is 4.87. The Kier molecular flexibility index (Phi) is 5.77. The van der Waals surface area contributed by atoms with E-state index in [2.05, 4.69) is 0 Å². The van der Waals surface area contributed by atoms with Crippen LogP contribution < -0.4 is 10.3 Å². The molecule has 0 amide bonds. The van der Waals surface area contributed by atoms with Crippen LogP contribution in [0.1, 0.15) is 41.0 Å². The fourth-order valence-corrected chi connectivity index (χ4v) is 1.61. The molecule has 0 spiro atoms. The van der Waals surface area contributed by atoms with Crippen molar-refractivity contribution < 1.29 is 19.4 Å². The number of carbonyl (C=O) groups excluding carboxylic acids is 1. The summed E-state index contributed by atoms with van der Waals surface area (Å²) in [7, 11) is 0. The zero-order chi connectivity index (χ0) is 17.0. The van der Waals surface area contributed by atoms with Crippen molar-refractivity contribution in [3.63, 3.8) is 0 Å². The van der Waals surface area contributed by atoms with Crippen molar-refractivity contribution in [1.29, 1.82) is 0 Å². The molecule has 0 unspecified atom stereocenters. The number of aromatic nitrogens is 1. The summed E-state index contributed by atoms with van der Waals surface area (Å²) < 4.78 is 12.0. The molecule has 0 saturated heterocycles. The van der Waals surface area contributed by atoms with Crippen molar-refractivity contribution in [1.82, 2.24) is 4.57 Å². The molecular formula is C16H25NO5. The first-order valence-corrected chi connectivity index (χ1v) is 7.34. The van der Waals surface area contributed by atoms with Gasteiger partial charge in [-0.15, -0.1) is 0 Å². The number of carbonyl (C=O) groups is 1. The molecule has 1 rings (SSSR count). The summed E-state index contributed by atoms with van der Waals surface area (Å²) >= 11 is 0. The van der Waals surface area contributed by atoms with Crippen LogP contribution >= 0.6 is 0 Å². The molecule has 1 aromatic rings. The van der Waals surface area contributed by atoms with Crippen LogP contribution in [0.25, 0.3) is 0 Å². The summed E-state index contributed by atoms with van der Waals surface area (Å²) in [5, 5.41) is 10.1. The first-order valence-electron chi connectivity index (χ1n) is 7.34. The van der Waals surface area contributed by atoms with Crippen LogP contribution in [-0.4, -0.2) is 33.5 Å². The number of hydrogen-bond donors (Lipinski definition) is 1. The van der Waals surface area contributed by atoms with Crippen molar-refractivity contribution in [2.24, 2.45) is 0 Å². The topological polar surface area (TPSA) is 77.8 Å². The Morgan fingerprint density at radius 1 is 1.27 bits per heavy atom. The number of rotatable bonds is 7. The number of pyridine rings is 1. The summed E-state index contributed by atoms with van der Waals surface area (Å²) in [5.41, 5.74) is -2.12. The highest BCUT2D eigenvalue weighted by Gasteiger charge is 2.37. The smallest absolute Gasteiger partial charge is 0.307 e. The largest absolute Gasteiger partial charge is 0.483 e. The van der Waals surface area contributed by atoms with Crippen LogP contribution in [0.4, 0.5) is 0 Å². The van der Waals surface area contributed by atoms with Crippen LogP contribution in [0, 0.1) is 0 Å². The summed E-state index contributed by atoms with van der Waals surface area (Å²) in [6.07, 6.45) is 1.65. The molecule has 0 saturated carbocycles. The molecular weight excluding hydrogens is 286 g/mol. The minimum absolute atomic E-state index is 0.117. The monoisotopic (exact) mass is 311 g/mol. The Labute approximate surface area is 130 Å². The van der Waals surface area contributed by atoms with E-state index < -0.39 is 11.2 Å². The van der Waals surface area contributed by atoms with E-state index in [1.54, 1.807) is 40.7 Å². The van der Waals surface area contributed by atoms with Crippen LogP contribution in [0.15, 0.2) is 23.1 Å². The van der Waals surface area contributed by atoms with Gasteiger partial charge in [0.05, 0.1) is 18.6 Å². The van der Waals surface area contributed by atoms with Crippen LogP contribution in [0.3, 0.4) is 0 Å². The van der Waals surface area contributed by atoms with E-state index in [1.165, 1.54) is 16.8 Å². The van der Waals surface area contributed by atoms with Gasteiger partial charge in [0.15, 0.2) is 0 Å². The number of esters is 1. The number of ether oxygens (including phenoxy) is 2. The molecule has 0 aliphatic heterocycles. The fourth-order valence-electron chi connectivity index (χ4n) is 1.61. The van der Waals surface area contributed by atoms with E-state index in [0.717, 1.165) is 0 Å². The third-order valence-electron chi connectivity index (χ3n) is 3.66. The Bertz CT molecular complexity index is 569. The van der Waals surface area contributed by atoms with E-state index in [1.807, 2.05) is 0 Å². The number of aryl methyl sites for hydroxylation is 1. The highest BCUT2D eigenvalue weighted by molar-refractivity contribution is 5.69. The van der Waals surface area contributed by atoms with Crippen molar-refractivity contribution in [2.75, 3.05) is 6.61 Å². The lowest BCUT2D eigenvalue weighted by Gasteiger charge is -2.37. The Morgan fingerprint density at radius 2 is 1.91 bits per heavy atom. The molecule has 0 aromatic carbocycles. The minimum atomic E-state index is -1.06. The van der Waals surface area contributed by atoms with Gasteiger partial charge in [-0.05, 0) is 40.7 Å². The maximum absolute atomic E-state index is 11.8.